The highest BCUT2D eigenvalue weighted by Crippen LogP contribution is 2.38. The molecule has 2 aliphatic rings. The first-order chi connectivity index (χ1) is 14.4. The summed E-state index contributed by atoms with van der Waals surface area (Å²) in [5, 5.41) is 10.9. The fourth-order valence-corrected chi connectivity index (χ4v) is 5.36. The number of aliphatic hydroxyl groups excluding tert-OH is 1. The average molecular weight is 441 g/mol. The molecule has 30 heavy (non-hydrogen) atoms. The smallest absolute Gasteiger partial charge is 0.163 e. The molecule has 10 atom stereocenters. The average Bonchev–Trinajstić information content (AvgIpc) is 2.74. The zero-order chi connectivity index (χ0) is 21.8. The van der Waals surface area contributed by atoms with Gasteiger partial charge in [-0.2, -0.15) is 0 Å². The molecule has 10 unspecified atom stereocenters. The van der Waals surface area contributed by atoms with Gasteiger partial charge in [-0.15, -0.1) is 0 Å². The van der Waals surface area contributed by atoms with Crippen LogP contribution in [0.15, 0.2) is 35.2 Å². The summed E-state index contributed by atoms with van der Waals surface area (Å²) in [6.07, 6.45) is -2.75. The van der Waals surface area contributed by atoms with Crippen molar-refractivity contribution in [1.82, 2.24) is 0 Å². The molecule has 0 spiro atoms. The molecule has 2 aliphatic heterocycles. The van der Waals surface area contributed by atoms with Gasteiger partial charge < -0.3 is 33.6 Å². The Bertz CT molecular complexity index is 675. The van der Waals surface area contributed by atoms with Crippen LogP contribution in [0.4, 0.5) is 0 Å². The molecule has 1 aromatic rings. The summed E-state index contributed by atoms with van der Waals surface area (Å²) >= 11 is 1.45. The van der Waals surface area contributed by atoms with Crippen LogP contribution < -0.4 is 0 Å². The van der Waals surface area contributed by atoms with Crippen molar-refractivity contribution in [3.63, 3.8) is 0 Å². The van der Waals surface area contributed by atoms with E-state index in [0.29, 0.717) is 0 Å². The maximum atomic E-state index is 11.5. The van der Waals surface area contributed by atoms with Gasteiger partial charge in [-0.1, -0.05) is 36.9 Å². The molecule has 0 bridgehead atoms. The van der Waals surface area contributed by atoms with Crippen LogP contribution in [0, 0.1) is 11.8 Å². The second kappa shape index (κ2) is 10.5. The molecule has 8 heteroatoms. The molecule has 2 fully saturated rings. The number of benzene rings is 1. The molecule has 0 aromatic heterocycles. The normalized spacial score (nSPS) is 42.1. The molecule has 2 saturated heterocycles. The van der Waals surface area contributed by atoms with Gasteiger partial charge in [0.1, 0.15) is 30.0 Å². The van der Waals surface area contributed by atoms with Gasteiger partial charge in [-0.3, -0.25) is 0 Å². The van der Waals surface area contributed by atoms with Gasteiger partial charge in [0, 0.05) is 25.0 Å². The third-order valence-corrected chi connectivity index (χ3v) is 7.12. The molecule has 1 aromatic carbocycles. The highest BCUT2D eigenvalue weighted by Gasteiger charge is 2.49. The number of aliphatic hydroxyl groups is 1. The Balaban J connectivity index is 1.72. The van der Waals surface area contributed by atoms with Gasteiger partial charge in [0.2, 0.25) is 0 Å². The minimum atomic E-state index is -0.890. The molecule has 0 amide bonds. The highest BCUT2D eigenvalue weighted by molar-refractivity contribution is 7.99. The SMILES string of the molecule is COC1C(C)C(OC2C(C)OC(Sc3ccccc3)C(O)C2OC)OC(C)C1C=O. The number of aldehydes is 1. The van der Waals surface area contributed by atoms with E-state index in [2.05, 4.69) is 0 Å². The second-order valence-corrected chi connectivity index (χ2v) is 9.09. The van der Waals surface area contributed by atoms with Crippen LogP contribution in [0.1, 0.15) is 20.8 Å². The molecular formula is C22H32O7S. The number of rotatable bonds is 7. The van der Waals surface area contributed by atoms with Crippen molar-refractivity contribution in [2.45, 2.75) is 74.0 Å². The fourth-order valence-electron chi connectivity index (χ4n) is 4.25. The summed E-state index contributed by atoms with van der Waals surface area (Å²) in [5.41, 5.74) is -0.484. The van der Waals surface area contributed by atoms with E-state index in [9.17, 15) is 9.90 Å². The molecule has 168 valence electrons. The first kappa shape index (κ1) is 23.7. The Morgan fingerprint density at radius 2 is 1.63 bits per heavy atom. The summed E-state index contributed by atoms with van der Waals surface area (Å²) in [6, 6.07) is 9.79. The van der Waals surface area contributed by atoms with E-state index in [4.69, 9.17) is 23.7 Å². The zero-order valence-electron chi connectivity index (χ0n) is 18.0. The molecule has 0 saturated carbocycles. The van der Waals surface area contributed by atoms with Gasteiger partial charge in [-0.25, -0.2) is 0 Å². The summed E-state index contributed by atoms with van der Waals surface area (Å²) in [6.45, 7) is 5.67. The lowest BCUT2D eigenvalue weighted by Crippen LogP contribution is -2.60. The maximum absolute atomic E-state index is 11.5. The molecule has 3 rings (SSSR count). The van der Waals surface area contributed by atoms with Gasteiger partial charge in [0.25, 0.3) is 0 Å². The van der Waals surface area contributed by atoms with Crippen molar-refractivity contribution in [3.8, 4) is 0 Å². The largest absolute Gasteiger partial charge is 0.387 e. The first-order valence-corrected chi connectivity index (χ1v) is 11.2. The van der Waals surface area contributed by atoms with Crippen molar-refractivity contribution in [2.24, 2.45) is 11.8 Å². The van der Waals surface area contributed by atoms with E-state index in [1.165, 1.54) is 11.8 Å². The summed E-state index contributed by atoms with van der Waals surface area (Å²) in [4.78, 5) is 12.5. The first-order valence-electron chi connectivity index (χ1n) is 10.3. The number of thioether (sulfide) groups is 1. The fraction of sp³-hybridized carbons (Fsp3) is 0.682. The lowest BCUT2D eigenvalue weighted by Gasteiger charge is -2.47. The van der Waals surface area contributed by atoms with Crippen LogP contribution in [-0.4, -0.2) is 74.0 Å². The van der Waals surface area contributed by atoms with Gasteiger partial charge in [0.05, 0.1) is 24.2 Å². The number of hydrogen-bond donors (Lipinski definition) is 1. The molecule has 7 nitrogen and oxygen atoms in total. The van der Waals surface area contributed by atoms with Crippen LogP contribution in [0.5, 0.6) is 0 Å². The van der Waals surface area contributed by atoms with E-state index in [1.54, 1.807) is 14.2 Å². The number of carbonyl (C=O) groups excluding carboxylic acids is 1. The molecule has 0 radical (unpaired) electrons. The Morgan fingerprint density at radius 1 is 0.967 bits per heavy atom. The standard InChI is InChI=1S/C22H32O7S/c1-12-18(25-4)16(11-23)13(2)27-21(12)29-19-14(3)28-22(17(24)20(19)26-5)30-15-9-7-6-8-10-15/h6-14,16-22,24H,1-5H3. The van der Waals surface area contributed by atoms with Crippen molar-refractivity contribution in [2.75, 3.05) is 14.2 Å². The van der Waals surface area contributed by atoms with Crippen LogP contribution in [0.3, 0.4) is 0 Å². The quantitative estimate of drug-likeness (QED) is 0.648. The molecular weight excluding hydrogens is 408 g/mol. The van der Waals surface area contributed by atoms with Crippen molar-refractivity contribution in [3.05, 3.63) is 30.3 Å². The predicted octanol–water partition coefficient (Wildman–Crippen LogP) is 2.50. The van der Waals surface area contributed by atoms with Crippen LogP contribution in [0.2, 0.25) is 0 Å². The Hall–Kier alpha value is -1.00. The lowest BCUT2D eigenvalue weighted by atomic mass is 9.85. The highest BCUT2D eigenvalue weighted by atomic mass is 32.2. The Kier molecular flexibility index (Phi) is 8.31. The monoisotopic (exact) mass is 440 g/mol. The van der Waals surface area contributed by atoms with Gasteiger partial charge in [-0.05, 0) is 26.0 Å². The third kappa shape index (κ3) is 4.91. The van der Waals surface area contributed by atoms with Gasteiger partial charge >= 0.3 is 0 Å². The number of carbonyl (C=O) groups is 1. The van der Waals surface area contributed by atoms with Gasteiger partial charge in [0.15, 0.2) is 6.29 Å². The summed E-state index contributed by atoms with van der Waals surface area (Å²) in [7, 11) is 3.15. The molecule has 2 heterocycles. The number of methoxy groups -OCH3 is 2. The van der Waals surface area contributed by atoms with Crippen LogP contribution >= 0.6 is 11.8 Å². The van der Waals surface area contributed by atoms with Crippen molar-refractivity contribution >= 4 is 18.0 Å². The second-order valence-electron chi connectivity index (χ2n) is 7.91. The van der Waals surface area contributed by atoms with E-state index in [0.717, 1.165) is 11.2 Å². The summed E-state index contributed by atoms with van der Waals surface area (Å²) < 4.78 is 29.6. The number of hydrogen-bond acceptors (Lipinski definition) is 8. The number of ether oxygens (including phenoxy) is 5. The maximum Gasteiger partial charge on any atom is 0.163 e. The van der Waals surface area contributed by atoms with E-state index < -0.39 is 30.0 Å². The van der Waals surface area contributed by atoms with E-state index in [-0.39, 0.29) is 30.1 Å². The Labute approximate surface area is 182 Å². The molecule has 0 aliphatic carbocycles. The minimum absolute atomic E-state index is 0.181. The Morgan fingerprint density at radius 3 is 2.23 bits per heavy atom. The topological polar surface area (TPSA) is 83.5 Å². The van der Waals surface area contributed by atoms with Crippen LogP contribution in [-0.2, 0) is 28.5 Å². The zero-order valence-corrected chi connectivity index (χ0v) is 18.9. The van der Waals surface area contributed by atoms with Crippen molar-refractivity contribution < 1.29 is 33.6 Å². The predicted molar refractivity (Wildman–Crippen MR) is 112 cm³/mol. The third-order valence-electron chi connectivity index (χ3n) is 5.96. The van der Waals surface area contributed by atoms with Crippen LogP contribution in [0.25, 0.3) is 0 Å². The summed E-state index contributed by atoms with van der Waals surface area (Å²) in [5.74, 6) is -0.542. The molecule has 1 N–H and O–H groups in total. The van der Waals surface area contributed by atoms with E-state index in [1.807, 2.05) is 51.1 Å². The minimum Gasteiger partial charge on any atom is -0.387 e. The van der Waals surface area contributed by atoms with E-state index >= 15 is 0 Å². The lowest BCUT2D eigenvalue weighted by molar-refractivity contribution is -0.312. The van der Waals surface area contributed by atoms with Crippen molar-refractivity contribution in [1.29, 1.82) is 0 Å².